The third-order valence-electron chi connectivity index (χ3n) is 6.59. The van der Waals surface area contributed by atoms with Gasteiger partial charge in [-0.1, -0.05) is 31.9 Å². The maximum absolute atomic E-state index is 13.5. The lowest BCUT2D eigenvalue weighted by Crippen LogP contribution is -2.66. The van der Waals surface area contributed by atoms with E-state index in [1.807, 2.05) is 35.8 Å². The first-order chi connectivity index (χ1) is 14.0. The minimum Gasteiger partial charge on any atom is -0.383 e. The lowest BCUT2D eigenvalue weighted by Gasteiger charge is -2.44. The number of hydrogen-bond donors (Lipinski definition) is 1. The van der Waals surface area contributed by atoms with Gasteiger partial charge in [0, 0.05) is 19.7 Å². The molecule has 2 aliphatic rings. The summed E-state index contributed by atoms with van der Waals surface area (Å²) in [5.74, 6) is 0.522. The Morgan fingerprint density at radius 3 is 2.83 bits per heavy atom. The van der Waals surface area contributed by atoms with Crippen molar-refractivity contribution in [3.63, 3.8) is 0 Å². The van der Waals surface area contributed by atoms with Crippen LogP contribution < -0.4 is 5.32 Å². The van der Waals surface area contributed by atoms with Crippen LogP contribution in [-0.2, 0) is 16.1 Å². The molecule has 3 atom stereocenters. The second-order valence-corrected chi connectivity index (χ2v) is 8.58. The van der Waals surface area contributed by atoms with Crippen LogP contribution in [0.3, 0.4) is 0 Å². The van der Waals surface area contributed by atoms with E-state index in [9.17, 15) is 9.59 Å². The largest absolute Gasteiger partial charge is 0.383 e. The highest BCUT2D eigenvalue weighted by atomic mass is 16.5. The van der Waals surface area contributed by atoms with Crippen molar-refractivity contribution in [2.24, 2.45) is 5.92 Å². The van der Waals surface area contributed by atoms with Gasteiger partial charge in [-0.3, -0.25) is 9.59 Å². The Balaban J connectivity index is 1.70. The normalized spacial score (nSPS) is 27.1. The van der Waals surface area contributed by atoms with Crippen LogP contribution in [0.2, 0.25) is 0 Å². The molecule has 0 spiro atoms. The number of carbonyl (C=O) groups excluding carboxylic acids is 2. The molecule has 0 saturated heterocycles. The molecule has 0 unspecified atom stereocenters. The number of carbonyl (C=O) groups is 2. The number of fused-ring (bicyclic) bond motifs is 3. The molecule has 2 amide bonds. The van der Waals surface area contributed by atoms with Crippen LogP contribution >= 0.6 is 0 Å². The van der Waals surface area contributed by atoms with Crippen molar-refractivity contribution in [3.8, 4) is 0 Å². The molecule has 156 valence electrons. The van der Waals surface area contributed by atoms with Gasteiger partial charge in [0.25, 0.3) is 5.91 Å². The number of ether oxygens (including phenoxy) is 1. The summed E-state index contributed by atoms with van der Waals surface area (Å²) in [5, 5.41) is 3.27. The zero-order valence-electron chi connectivity index (χ0n) is 17.5. The first-order valence-corrected chi connectivity index (χ1v) is 10.5. The topological polar surface area (TPSA) is 76.5 Å². The van der Waals surface area contributed by atoms with Gasteiger partial charge >= 0.3 is 0 Å². The zero-order chi connectivity index (χ0) is 20.6. The summed E-state index contributed by atoms with van der Waals surface area (Å²) in [6.07, 6.45) is 4.47. The fourth-order valence-electron chi connectivity index (χ4n) is 4.72. The van der Waals surface area contributed by atoms with Gasteiger partial charge in [-0.25, -0.2) is 4.98 Å². The van der Waals surface area contributed by atoms with E-state index < -0.39 is 5.54 Å². The Morgan fingerprint density at radius 1 is 1.31 bits per heavy atom. The maximum Gasteiger partial charge on any atom is 0.290 e. The number of hydrogen-bond acceptors (Lipinski definition) is 4. The standard InChI is InChI=1S/C22H30N4O3/c1-15-8-4-5-9-16(15)24-21(28)22(2)14-25-18-11-7-6-10-17(18)23-19(25)20(27)26(22)12-13-29-3/h6-7,10-11,15-16H,4-5,8-9,12-14H2,1-3H3,(H,24,28)/t15-,16+,22+/m0/s1. The van der Waals surface area contributed by atoms with Gasteiger partial charge in [-0.2, -0.15) is 0 Å². The van der Waals surface area contributed by atoms with E-state index in [2.05, 4.69) is 17.2 Å². The number of nitrogens with zero attached hydrogens (tertiary/aromatic N) is 3. The SMILES string of the molecule is COCCN1C(=O)c2nc3ccccc3n2C[C@]1(C)C(=O)N[C@@H]1CCCC[C@@H]1C. The molecule has 1 fully saturated rings. The van der Waals surface area contributed by atoms with Crippen LogP contribution in [0.4, 0.5) is 0 Å². The smallest absolute Gasteiger partial charge is 0.290 e. The molecule has 1 aromatic heterocycles. The molecule has 1 N–H and O–H groups in total. The second-order valence-electron chi connectivity index (χ2n) is 8.58. The number of aromatic nitrogens is 2. The van der Waals surface area contributed by atoms with Crippen molar-refractivity contribution in [1.29, 1.82) is 0 Å². The summed E-state index contributed by atoms with van der Waals surface area (Å²) >= 11 is 0. The van der Waals surface area contributed by atoms with Crippen LogP contribution in [0.1, 0.15) is 50.1 Å². The molecule has 0 bridgehead atoms. The third-order valence-corrected chi connectivity index (χ3v) is 6.59. The van der Waals surface area contributed by atoms with Crippen molar-refractivity contribution < 1.29 is 14.3 Å². The van der Waals surface area contributed by atoms with Crippen molar-refractivity contribution in [1.82, 2.24) is 19.8 Å². The van der Waals surface area contributed by atoms with Crippen molar-refractivity contribution in [3.05, 3.63) is 30.1 Å². The van der Waals surface area contributed by atoms with E-state index in [0.29, 0.717) is 31.4 Å². The van der Waals surface area contributed by atoms with Gasteiger partial charge in [-0.15, -0.1) is 0 Å². The highest BCUT2D eigenvalue weighted by molar-refractivity contribution is 6.01. The summed E-state index contributed by atoms with van der Waals surface area (Å²) in [7, 11) is 1.60. The fourth-order valence-corrected chi connectivity index (χ4v) is 4.72. The molecule has 0 radical (unpaired) electrons. The molecule has 2 heterocycles. The average molecular weight is 399 g/mol. The molecule has 7 heteroatoms. The maximum atomic E-state index is 13.5. The van der Waals surface area contributed by atoms with Gasteiger partial charge < -0.3 is 19.5 Å². The molecule has 1 saturated carbocycles. The molecule has 1 aliphatic heterocycles. The lowest BCUT2D eigenvalue weighted by atomic mass is 9.85. The first kappa shape index (κ1) is 19.9. The quantitative estimate of drug-likeness (QED) is 0.840. The summed E-state index contributed by atoms with van der Waals surface area (Å²) in [5.41, 5.74) is 0.656. The van der Waals surface area contributed by atoms with Gasteiger partial charge in [0.05, 0.1) is 24.2 Å². The number of nitrogens with one attached hydrogen (secondary N) is 1. The number of methoxy groups -OCH3 is 1. The first-order valence-electron chi connectivity index (χ1n) is 10.5. The number of imidazole rings is 1. The Kier molecular flexibility index (Phi) is 5.34. The van der Waals surface area contributed by atoms with Gasteiger partial charge in [0.15, 0.2) is 5.82 Å². The Bertz CT molecular complexity index is 924. The molecule has 1 aliphatic carbocycles. The number of rotatable bonds is 5. The van der Waals surface area contributed by atoms with Crippen LogP contribution in [0.25, 0.3) is 11.0 Å². The zero-order valence-corrected chi connectivity index (χ0v) is 17.5. The van der Waals surface area contributed by atoms with E-state index in [1.165, 1.54) is 6.42 Å². The van der Waals surface area contributed by atoms with Crippen LogP contribution in [0.15, 0.2) is 24.3 Å². The fraction of sp³-hybridized carbons (Fsp3) is 0.591. The Labute approximate surface area is 171 Å². The van der Waals surface area contributed by atoms with E-state index in [-0.39, 0.29) is 17.9 Å². The van der Waals surface area contributed by atoms with E-state index in [0.717, 1.165) is 30.3 Å². The summed E-state index contributed by atoms with van der Waals surface area (Å²) in [6, 6.07) is 7.85. The van der Waals surface area contributed by atoms with Gasteiger partial charge in [0.1, 0.15) is 5.54 Å². The monoisotopic (exact) mass is 398 g/mol. The summed E-state index contributed by atoms with van der Waals surface area (Å²) < 4.78 is 7.12. The molecule has 1 aromatic carbocycles. The highest BCUT2D eigenvalue weighted by Crippen LogP contribution is 2.31. The highest BCUT2D eigenvalue weighted by Gasteiger charge is 2.48. The van der Waals surface area contributed by atoms with Crippen molar-refractivity contribution in [2.45, 2.75) is 57.7 Å². The molecule has 7 nitrogen and oxygen atoms in total. The molecule has 2 aromatic rings. The van der Waals surface area contributed by atoms with Crippen molar-refractivity contribution >= 4 is 22.8 Å². The van der Waals surface area contributed by atoms with Crippen molar-refractivity contribution in [2.75, 3.05) is 20.3 Å². The predicted octanol–water partition coefficient (Wildman–Crippen LogP) is 2.59. The molecule has 29 heavy (non-hydrogen) atoms. The number of para-hydroxylation sites is 2. The lowest BCUT2D eigenvalue weighted by molar-refractivity contribution is -0.134. The predicted molar refractivity (Wildman–Crippen MR) is 111 cm³/mol. The molecule has 4 rings (SSSR count). The minimum atomic E-state index is -0.997. The van der Waals surface area contributed by atoms with E-state index in [1.54, 1.807) is 12.0 Å². The van der Waals surface area contributed by atoms with Crippen LogP contribution in [0, 0.1) is 5.92 Å². The number of benzene rings is 1. The van der Waals surface area contributed by atoms with E-state index >= 15 is 0 Å². The van der Waals surface area contributed by atoms with Gasteiger partial charge in [-0.05, 0) is 37.8 Å². The number of amides is 2. The molecular weight excluding hydrogens is 368 g/mol. The second kappa shape index (κ2) is 7.78. The van der Waals surface area contributed by atoms with E-state index in [4.69, 9.17) is 4.74 Å². The Morgan fingerprint density at radius 2 is 2.07 bits per heavy atom. The molecular formula is C22H30N4O3. The van der Waals surface area contributed by atoms with Gasteiger partial charge in [0.2, 0.25) is 5.91 Å². The third kappa shape index (κ3) is 3.41. The van der Waals surface area contributed by atoms with Crippen LogP contribution in [0.5, 0.6) is 0 Å². The summed E-state index contributed by atoms with van der Waals surface area (Å²) in [4.78, 5) is 33.1. The average Bonchev–Trinajstić information content (AvgIpc) is 3.08. The Hall–Kier alpha value is -2.41. The summed E-state index contributed by atoms with van der Waals surface area (Å²) in [6.45, 7) is 5.16. The minimum absolute atomic E-state index is 0.0934. The van der Waals surface area contributed by atoms with Crippen LogP contribution in [-0.4, -0.2) is 58.1 Å².